The first-order valence-electron chi connectivity index (χ1n) is 12.1. The quantitative estimate of drug-likeness (QED) is 0.439. The van der Waals surface area contributed by atoms with Crippen LogP contribution in [0, 0.1) is 12.8 Å². The highest BCUT2D eigenvalue weighted by atomic mass is 16.5. The average Bonchev–Trinajstić information content (AvgIpc) is 3.14. The lowest BCUT2D eigenvalue weighted by Gasteiger charge is -2.24. The van der Waals surface area contributed by atoms with Gasteiger partial charge in [-0.15, -0.1) is 0 Å². The lowest BCUT2D eigenvalue weighted by atomic mass is 9.96. The van der Waals surface area contributed by atoms with Crippen molar-refractivity contribution in [3.63, 3.8) is 0 Å². The number of aryl methyl sites for hydroxylation is 1. The van der Waals surface area contributed by atoms with Gasteiger partial charge in [0, 0.05) is 54.2 Å². The lowest BCUT2D eigenvalue weighted by Crippen LogP contribution is -2.36. The molecule has 1 amide bonds. The van der Waals surface area contributed by atoms with E-state index in [0.717, 1.165) is 28.8 Å². The summed E-state index contributed by atoms with van der Waals surface area (Å²) in [4.78, 5) is 24.3. The number of nitrogens with zero attached hydrogens (tertiary/aromatic N) is 3. The Hall–Kier alpha value is -3.77. The molecule has 0 spiro atoms. The molecule has 0 unspecified atom stereocenters. The number of fused-ring (bicyclic) bond motifs is 1. The fourth-order valence-electron chi connectivity index (χ4n) is 4.66. The first-order chi connectivity index (χ1) is 17.2. The molecule has 0 bridgehead atoms. The van der Waals surface area contributed by atoms with Crippen LogP contribution in [0.3, 0.4) is 0 Å². The molecule has 1 atom stereocenters. The molecule has 1 fully saturated rings. The van der Waals surface area contributed by atoms with Crippen LogP contribution in [0.2, 0.25) is 0 Å². The van der Waals surface area contributed by atoms with E-state index in [4.69, 9.17) is 4.74 Å². The molecule has 178 valence electrons. The van der Waals surface area contributed by atoms with E-state index >= 15 is 0 Å². The summed E-state index contributed by atoms with van der Waals surface area (Å²) in [6, 6.07) is 20.1. The third-order valence-corrected chi connectivity index (χ3v) is 6.55. The van der Waals surface area contributed by atoms with Gasteiger partial charge < -0.3 is 15.0 Å². The van der Waals surface area contributed by atoms with Gasteiger partial charge in [0.05, 0.1) is 25.5 Å². The Kier molecular flexibility index (Phi) is 7.00. The van der Waals surface area contributed by atoms with E-state index in [1.807, 2.05) is 66.7 Å². The third-order valence-electron chi connectivity index (χ3n) is 6.55. The maximum absolute atomic E-state index is 13.5. The lowest BCUT2D eigenvalue weighted by molar-refractivity contribution is 0.0737. The maximum Gasteiger partial charge on any atom is 0.254 e. The highest BCUT2D eigenvalue weighted by Gasteiger charge is 2.24. The number of carbonyl (C=O) groups is 1. The molecule has 1 saturated heterocycles. The van der Waals surface area contributed by atoms with Crippen LogP contribution in [0.5, 0.6) is 0 Å². The number of amides is 1. The fraction of sp³-hybridized carbons (Fsp3) is 0.276. The van der Waals surface area contributed by atoms with Crippen molar-refractivity contribution in [2.45, 2.75) is 19.9 Å². The first-order valence-corrected chi connectivity index (χ1v) is 12.1. The summed E-state index contributed by atoms with van der Waals surface area (Å²) < 4.78 is 5.90. The molecule has 2 aromatic carbocycles. The van der Waals surface area contributed by atoms with Crippen molar-refractivity contribution in [3.05, 3.63) is 102 Å². The Bertz CT molecular complexity index is 1300. The summed E-state index contributed by atoms with van der Waals surface area (Å²) in [5.74, 6) is 0.249. The van der Waals surface area contributed by atoms with Crippen LogP contribution in [-0.2, 0) is 17.7 Å². The van der Waals surface area contributed by atoms with Gasteiger partial charge in [-0.05, 0) is 54.1 Å². The van der Waals surface area contributed by atoms with E-state index in [-0.39, 0.29) is 11.8 Å². The highest BCUT2D eigenvalue weighted by Crippen LogP contribution is 2.23. The number of nitrogens with one attached hydrogen (secondary N) is 1. The van der Waals surface area contributed by atoms with Gasteiger partial charge in [0.2, 0.25) is 0 Å². The van der Waals surface area contributed by atoms with E-state index in [0.29, 0.717) is 38.4 Å². The Morgan fingerprint density at radius 3 is 2.89 bits per heavy atom. The second-order valence-corrected chi connectivity index (χ2v) is 9.12. The topological polar surface area (TPSA) is 67.4 Å². The smallest absolute Gasteiger partial charge is 0.254 e. The summed E-state index contributed by atoms with van der Waals surface area (Å²) in [5.41, 5.74) is 4.89. The zero-order valence-electron chi connectivity index (χ0n) is 20.0. The van der Waals surface area contributed by atoms with E-state index < -0.39 is 0 Å². The number of pyridine rings is 2. The van der Waals surface area contributed by atoms with Crippen molar-refractivity contribution < 1.29 is 9.53 Å². The van der Waals surface area contributed by atoms with Crippen LogP contribution in [-0.4, -0.2) is 47.1 Å². The van der Waals surface area contributed by atoms with Gasteiger partial charge in [-0.2, -0.15) is 0 Å². The zero-order valence-corrected chi connectivity index (χ0v) is 20.0. The molecule has 1 aliphatic heterocycles. The number of ether oxygens (including phenoxy) is 1. The predicted molar refractivity (Wildman–Crippen MR) is 138 cm³/mol. The average molecular weight is 467 g/mol. The van der Waals surface area contributed by atoms with Crippen LogP contribution in [0.1, 0.15) is 27.2 Å². The monoisotopic (exact) mass is 466 g/mol. The van der Waals surface area contributed by atoms with Gasteiger partial charge in [-0.3, -0.25) is 14.8 Å². The van der Waals surface area contributed by atoms with Crippen LogP contribution >= 0.6 is 0 Å². The number of anilines is 1. The molecule has 0 radical (unpaired) electrons. The highest BCUT2D eigenvalue weighted by molar-refractivity contribution is 5.95. The summed E-state index contributed by atoms with van der Waals surface area (Å²) >= 11 is 0. The molecule has 2 aromatic heterocycles. The summed E-state index contributed by atoms with van der Waals surface area (Å²) in [6.45, 7) is 5.09. The SMILES string of the molecule is Cc1ccc(C(=O)N2CCOC[C@H](Cc3cncc4ccccc34)C2)cc1NCc1ccccn1. The van der Waals surface area contributed by atoms with Gasteiger partial charge in [-0.1, -0.05) is 36.4 Å². The largest absolute Gasteiger partial charge is 0.379 e. The normalized spacial score (nSPS) is 16.1. The number of aromatic nitrogens is 2. The summed E-state index contributed by atoms with van der Waals surface area (Å²) in [6.07, 6.45) is 6.45. The van der Waals surface area contributed by atoms with Gasteiger partial charge in [0.1, 0.15) is 0 Å². The molecule has 4 aromatic rings. The van der Waals surface area contributed by atoms with Crippen molar-refractivity contribution >= 4 is 22.4 Å². The van der Waals surface area contributed by atoms with Crippen molar-refractivity contribution in [3.8, 4) is 0 Å². The summed E-state index contributed by atoms with van der Waals surface area (Å²) in [5, 5.41) is 5.78. The minimum absolute atomic E-state index is 0.0393. The molecule has 6 nitrogen and oxygen atoms in total. The van der Waals surface area contributed by atoms with Crippen molar-refractivity contribution in [1.82, 2.24) is 14.9 Å². The molecule has 5 rings (SSSR count). The molecule has 0 saturated carbocycles. The fourth-order valence-corrected chi connectivity index (χ4v) is 4.66. The number of rotatable bonds is 6. The number of carbonyl (C=O) groups excluding carboxylic acids is 1. The van der Waals surface area contributed by atoms with E-state index in [9.17, 15) is 4.79 Å². The van der Waals surface area contributed by atoms with Crippen molar-refractivity contribution in [2.24, 2.45) is 5.92 Å². The number of hydrogen-bond acceptors (Lipinski definition) is 5. The molecule has 0 aliphatic carbocycles. The predicted octanol–water partition coefficient (Wildman–Crippen LogP) is 4.88. The molecule has 35 heavy (non-hydrogen) atoms. The molecular weight excluding hydrogens is 436 g/mol. The second kappa shape index (κ2) is 10.7. The standard InChI is InChI=1S/C29H30N4O2/c1-21-9-10-23(15-28(21)32-18-26-7-4-5-11-31-26)29(34)33-12-13-35-20-22(19-33)14-25-17-30-16-24-6-2-3-8-27(24)25/h2-11,15-17,22,32H,12-14,18-20H2,1H3/t22-/m1/s1. The van der Waals surface area contributed by atoms with Crippen LogP contribution in [0.25, 0.3) is 10.8 Å². The third kappa shape index (κ3) is 5.49. The molecule has 1 N–H and O–H groups in total. The molecule has 1 aliphatic rings. The van der Waals surface area contributed by atoms with Crippen LogP contribution in [0.15, 0.2) is 79.3 Å². The Morgan fingerprint density at radius 2 is 2.00 bits per heavy atom. The second-order valence-electron chi connectivity index (χ2n) is 9.12. The van der Waals surface area contributed by atoms with E-state index in [1.54, 1.807) is 6.20 Å². The Balaban J connectivity index is 1.30. The Morgan fingerprint density at radius 1 is 1.11 bits per heavy atom. The van der Waals surface area contributed by atoms with Gasteiger partial charge in [0.25, 0.3) is 5.91 Å². The summed E-state index contributed by atoms with van der Waals surface area (Å²) in [7, 11) is 0. The van der Waals surface area contributed by atoms with Crippen molar-refractivity contribution in [2.75, 3.05) is 31.6 Å². The molecule has 6 heteroatoms. The van der Waals surface area contributed by atoms with Gasteiger partial charge >= 0.3 is 0 Å². The first kappa shape index (κ1) is 23.0. The van der Waals surface area contributed by atoms with E-state index in [1.165, 1.54) is 10.9 Å². The minimum Gasteiger partial charge on any atom is -0.379 e. The maximum atomic E-state index is 13.5. The minimum atomic E-state index is 0.0393. The van der Waals surface area contributed by atoms with Gasteiger partial charge in [0.15, 0.2) is 0 Å². The Labute approximate surface area is 206 Å². The molecule has 3 heterocycles. The molecular formula is C29H30N4O2. The number of benzene rings is 2. The zero-order chi connectivity index (χ0) is 24.0. The van der Waals surface area contributed by atoms with Crippen LogP contribution < -0.4 is 5.32 Å². The van der Waals surface area contributed by atoms with Crippen molar-refractivity contribution in [1.29, 1.82) is 0 Å². The van der Waals surface area contributed by atoms with Crippen LogP contribution in [0.4, 0.5) is 5.69 Å². The van der Waals surface area contributed by atoms with Gasteiger partial charge in [-0.25, -0.2) is 0 Å². The number of hydrogen-bond donors (Lipinski definition) is 1. The van der Waals surface area contributed by atoms with E-state index in [2.05, 4.69) is 33.5 Å².